The van der Waals surface area contributed by atoms with E-state index in [-0.39, 0.29) is 18.6 Å². The molecule has 1 rings (SSSR count). The van der Waals surface area contributed by atoms with Crippen molar-refractivity contribution in [2.24, 2.45) is 0 Å². The molecule has 0 radical (unpaired) electrons. The molecule has 0 bridgehead atoms. The van der Waals surface area contributed by atoms with E-state index in [0.717, 1.165) is 0 Å². The van der Waals surface area contributed by atoms with Gasteiger partial charge in [-0.15, -0.1) is 0 Å². The van der Waals surface area contributed by atoms with E-state index in [0.29, 0.717) is 9.13 Å². The van der Waals surface area contributed by atoms with E-state index in [4.69, 9.17) is 10.00 Å². The number of carbonyl (C=O) groups is 1. The minimum atomic E-state index is -2.81. The minimum absolute atomic E-state index is 0.0860. The summed E-state index contributed by atoms with van der Waals surface area (Å²) in [6.07, 6.45) is -1.72. The maximum absolute atomic E-state index is 12.6. The highest BCUT2D eigenvalue weighted by Gasteiger charge is 2.20. The van der Waals surface area contributed by atoms with Gasteiger partial charge in [0.1, 0.15) is 11.8 Å². The summed E-state index contributed by atoms with van der Waals surface area (Å²) in [7, 11) is 0. The van der Waals surface area contributed by atoms with Crippen molar-refractivity contribution in [3.05, 3.63) is 26.6 Å². The smallest absolute Gasteiger partial charge is 0.310 e. The first-order valence-electron chi connectivity index (χ1n) is 5.02. The van der Waals surface area contributed by atoms with Gasteiger partial charge in [-0.05, 0) is 35.1 Å². The van der Waals surface area contributed by atoms with Gasteiger partial charge in [0.25, 0.3) is 6.43 Å². The summed E-state index contributed by atoms with van der Waals surface area (Å²) >= 11 is 1.76. The van der Waals surface area contributed by atoms with Crippen LogP contribution in [0, 0.1) is 14.9 Å². The third-order valence-corrected chi connectivity index (χ3v) is 3.31. The summed E-state index contributed by atoms with van der Waals surface area (Å²) in [6, 6.07) is 1.69. The Labute approximate surface area is 116 Å². The number of hydrogen-bond acceptors (Lipinski definition) is 4. The molecule has 0 aliphatic carbocycles. The summed E-state index contributed by atoms with van der Waals surface area (Å²) < 4.78 is 30.3. The number of ether oxygens (including phenoxy) is 1. The second-order valence-corrected chi connectivity index (χ2v) is 4.33. The number of rotatable bonds is 4. The first-order valence-corrected chi connectivity index (χ1v) is 6.10. The van der Waals surface area contributed by atoms with Gasteiger partial charge in [-0.3, -0.25) is 9.78 Å². The number of hydrogen-bond donors (Lipinski definition) is 0. The van der Waals surface area contributed by atoms with Gasteiger partial charge in [-0.1, -0.05) is 0 Å². The zero-order valence-electron chi connectivity index (χ0n) is 9.41. The van der Waals surface area contributed by atoms with Crippen molar-refractivity contribution in [2.45, 2.75) is 19.8 Å². The number of esters is 1. The van der Waals surface area contributed by atoms with E-state index < -0.39 is 18.1 Å². The highest BCUT2D eigenvalue weighted by atomic mass is 127. The van der Waals surface area contributed by atoms with Crippen molar-refractivity contribution in [1.29, 1.82) is 5.26 Å². The SMILES string of the molecule is CCOC(=O)Cc1cnc(C(F)F)c(C#N)c1I. The highest BCUT2D eigenvalue weighted by molar-refractivity contribution is 14.1. The Bertz CT molecular complexity index is 501. The molecule has 0 spiro atoms. The van der Waals surface area contributed by atoms with Crippen LogP contribution >= 0.6 is 22.6 Å². The van der Waals surface area contributed by atoms with Crippen LogP contribution in [0.3, 0.4) is 0 Å². The molecule has 0 saturated heterocycles. The van der Waals surface area contributed by atoms with E-state index in [1.54, 1.807) is 35.6 Å². The number of nitriles is 1. The molecule has 0 unspecified atom stereocenters. The molecule has 0 saturated carbocycles. The normalized spacial score (nSPS) is 10.2. The Morgan fingerprint density at radius 1 is 1.67 bits per heavy atom. The van der Waals surface area contributed by atoms with Crippen LogP contribution in [0.15, 0.2) is 6.20 Å². The Kier molecular flexibility index (Phi) is 5.40. The van der Waals surface area contributed by atoms with Crippen molar-refractivity contribution in [1.82, 2.24) is 4.98 Å². The van der Waals surface area contributed by atoms with Crippen molar-refractivity contribution in [2.75, 3.05) is 6.61 Å². The van der Waals surface area contributed by atoms with E-state index in [1.807, 2.05) is 0 Å². The molecule has 18 heavy (non-hydrogen) atoms. The molecule has 0 fully saturated rings. The molecule has 0 atom stereocenters. The first kappa shape index (κ1) is 14.8. The van der Waals surface area contributed by atoms with Gasteiger partial charge >= 0.3 is 5.97 Å². The molecule has 0 N–H and O–H groups in total. The number of alkyl halides is 2. The van der Waals surface area contributed by atoms with Crippen LogP contribution in [-0.2, 0) is 16.0 Å². The molecule has 0 aliphatic heterocycles. The number of aromatic nitrogens is 1. The van der Waals surface area contributed by atoms with Gasteiger partial charge in [0, 0.05) is 9.77 Å². The molecule has 1 heterocycles. The summed E-state index contributed by atoms with van der Waals surface area (Å²) in [5.41, 5.74) is -0.336. The molecular formula is C11H9F2IN2O2. The van der Waals surface area contributed by atoms with Gasteiger partial charge in [-0.25, -0.2) is 8.78 Å². The van der Waals surface area contributed by atoms with Gasteiger partial charge in [0.15, 0.2) is 0 Å². The predicted octanol–water partition coefficient (Wildman–Crippen LogP) is 2.60. The average Bonchev–Trinajstić information content (AvgIpc) is 2.31. The summed E-state index contributed by atoms with van der Waals surface area (Å²) in [5, 5.41) is 8.87. The second-order valence-electron chi connectivity index (χ2n) is 3.25. The van der Waals surface area contributed by atoms with Crippen molar-refractivity contribution in [3.63, 3.8) is 0 Å². The lowest BCUT2D eigenvalue weighted by Gasteiger charge is -2.08. The molecular weight excluding hydrogens is 357 g/mol. The lowest BCUT2D eigenvalue weighted by molar-refractivity contribution is -0.142. The number of pyridine rings is 1. The monoisotopic (exact) mass is 366 g/mol. The molecule has 1 aromatic heterocycles. The average molecular weight is 366 g/mol. The zero-order valence-corrected chi connectivity index (χ0v) is 11.6. The van der Waals surface area contributed by atoms with Crippen molar-refractivity contribution in [3.8, 4) is 6.07 Å². The Hall–Kier alpha value is -1.30. The topological polar surface area (TPSA) is 63.0 Å². The molecule has 4 nitrogen and oxygen atoms in total. The molecule has 96 valence electrons. The second kappa shape index (κ2) is 6.58. The third kappa shape index (κ3) is 3.35. The third-order valence-electron chi connectivity index (χ3n) is 2.08. The van der Waals surface area contributed by atoms with Crippen LogP contribution in [0.5, 0.6) is 0 Å². The van der Waals surface area contributed by atoms with Crippen LogP contribution in [0.1, 0.15) is 30.2 Å². The lowest BCUT2D eigenvalue weighted by Crippen LogP contribution is -2.11. The zero-order chi connectivity index (χ0) is 13.7. The molecule has 1 aromatic rings. The van der Waals surface area contributed by atoms with Gasteiger partial charge in [0.2, 0.25) is 0 Å². The predicted molar refractivity (Wildman–Crippen MR) is 67.0 cm³/mol. The van der Waals surface area contributed by atoms with Gasteiger partial charge in [-0.2, -0.15) is 5.26 Å². The number of carbonyl (C=O) groups excluding carboxylic acids is 1. The van der Waals surface area contributed by atoms with Gasteiger partial charge in [0.05, 0.1) is 18.6 Å². The van der Waals surface area contributed by atoms with Gasteiger partial charge < -0.3 is 4.74 Å². The van der Waals surface area contributed by atoms with Crippen LogP contribution in [0.4, 0.5) is 8.78 Å². The molecule has 0 amide bonds. The maximum Gasteiger partial charge on any atom is 0.310 e. The van der Waals surface area contributed by atoms with E-state index in [1.165, 1.54) is 6.20 Å². The maximum atomic E-state index is 12.6. The molecule has 7 heteroatoms. The van der Waals surface area contributed by atoms with Crippen molar-refractivity contribution < 1.29 is 18.3 Å². The Morgan fingerprint density at radius 3 is 2.83 bits per heavy atom. The van der Waals surface area contributed by atoms with Crippen LogP contribution < -0.4 is 0 Å². The van der Waals surface area contributed by atoms with Crippen molar-refractivity contribution >= 4 is 28.6 Å². The van der Waals surface area contributed by atoms with Crippen LogP contribution in [-0.4, -0.2) is 17.6 Å². The standard InChI is InChI=1S/C11H9F2IN2O2/c1-2-18-8(17)3-6-5-16-10(11(12)13)7(4-15)9(6)14/h5,11H,2-3H2,1H3. The van der Waals surface area contributed by atoms with Crippen LogP contribution in [0.25, 0.3) is 0 Å². The van der Waals surface area contributed by atoms with E-state index >= 15 is 0 Å². The number of nitrogens with zero attached hydrogens (tertiary/aromatic N) is 2. The minimum Gasteiger partial charge on any atom is -0.466 e. The lowest BCUT2D eigenvalue weighted by atomic mass is 10.1. The van der Waals surface area contributed by atoms with Crippen LogP contribution in [0.2, 0.25) is 0 Å². The fourth-order valence-corrected chi connectivity index (χ4v) is 2.03. The fourth-order valence-electron chi connectivity index (χ4n) is 1.30. The summed E-state index contributed by atoms with van der Waals surface area (Å²) in [6.45, 7) is 1.91. The molecule has 0 aromatic carbocycles. The largest absolute Gasteiger partial charge is 0.466 e. The molecule has 0 aliphatic rings. The first-order chi connectivity index (χ1) is 8.51. The fraction of sp³-hybridized carbons (Fsp3) is 0.364. The Morgan fingerprint density at radius 2 is 2.33 bits per heavy atom. The summed E-state index contributed by atoms with van der Waals surface area (Å²) in [4.78, 5) is 14.8. The quantitative estimate of drug-likeness (QED) is 0.607. The van der Waals surface area contributed by atoms with E-state index in [9.17, 15) is 13.6 Å². The van der Waals surface area contributed by atoms with E-state index in [2.05, 4.69) is 4.98 Å². The number of halogens is 3. The summed E-state index contributed by atoms with van der Waals surface area (Å²) in [5.74, 6) is -0.481. The Balaban J connectivity index is 3.11. The highest BCUT2D eigenvalue weighted by Crippen LogP contribution is 2.26.